The number of benzene rings is 1. The van der Waals surface area contributed by atoms with E-state index in [2.05, 4.69) is 10.6 Å². The zero-order valence-electron chi connectivity index (χ0n) is 10.4. The highest BCUT2D eigenvalue weighted by atomic mass is 35.5. The minimum atomic E-state index is -0.566. The van der Waals surface area contributed by atoms with Crippen molar-refractivity contribution < 1.29 is 14.3 Å². The molecule has 19 heavy (non-hydrogen) atoms. The summed E-state index contributed by atoms with van der Waals surface area (Å²) >= 11 is 5.87. The summed E-state index contributed by atoms with van der Waals surface area (Å²) in [6, 6.07) is 3.27. The summed E-state index contributed by atoms with van der Waals surface area (Å²) in [4.78, 5) is 11.9. The largest absolute Gasteiger partial charge is 0.394 e. The molecule has 0 spiro atoms. The molecule has 0 heterocycles. The molecule has 2 amide bonds. The molecular formula is C13H16ClFN2O2. The van der Waals surface area contributed by atoms with Gasteiger partial charge in [0.25, 0.3) is 0 Å². The molecule has 104 valence electrons. The minimum absolute atomic E-state index is 0.0999. The second-order valence-electron chi connectivity index (χ2n) is 4.85. The zero-order valence-corrected chi connectivity index (χ0v) is 11.1. The summed E-state index contributed by atoms with van der Waals surface area (Å²) in [5.41, 5.74) is -0.352. The van der Waals surface area contributed by atoms with Gasteiger partial charge in [0.2, 0.25) is 0 Å². The number of anilines is 1. The number of hydrogen-bond donors (Lipinski definition) is 3. The first-order valence-corrected chi connectivity index (χ1v) is 6.57. The van der Waals surface area contributed by atoms with Gasteiger partial charge in [0.05, 0.1) is 22.9 Å². The van der Waals surface area contributed by atoms with Gasteiger partial charge in [-0.3, -0.25) is 0 Å². The lowest BCUT2D eigenvalue weighted by Crippen LogP contribution is -2.50. The van der Waals surface area contributed by atoms with E-state index in [9.17, 15) is 14.3 Å². The molecule has 0 aromatic heterocycles. The number of aliphatic hydroxyl groups excluding tert-OH is 1. The van der Waals surface area contributed by atoms with Crippen LogP contribution in [0.1, 0.15) is 25.7 Å². The molecule has 3 N–H and O–H groups in total. The van der Waals surface area contributed by atoms with Crippen LogP contribution in [0.5, 0.6) is 0 Å². The van der Waals surface area contributed by atoms with Crippen molar-refractivity contribution in [3.05, 3.63) is 29.0 Å². The number of carbonyl (C=O) groups excluding carboxylic acids is 1. The van der Waals surface area contributed by atoms with Gasteiger partial charge in [-0.05, 0) is 31.0 Å². The van der Waals surface area contributed by atoms with Crippen LogP contribution in [0.15, 0.2) is 18.2 Å². The highest BCUT2D eigenvalue weighted by Crippen LogP contribution is 2.29. The van der Waals surface area contributed by atoms with Crippen molar-refractivity contribution in [1.82, 2.24) is 5.32 Å². The molecule has 1 saturated carbocycles. The Balaban J connectivity index is 2.03. The first-order valence-electron chi connectivity index (χ1n) is 6.20. The number of halogens is 2. The van der Waals surface area contributed by atoms with Crippen LogP contribution in [0.2, 0.25) is 5.02 Å². The van der Waals surface area contributed by atoms with Gasteiger partial charge in [0.1, 0.15) is 5.82 Å². The summed E-state index contributed by atoms with van der Waals surface area (Å²) in [7, 11) is 0. The number of carbonyl (C=O) groups is 1. The molecule has 1 aromatic rings. The fourth-order valence-corrected chi connectivity index (χ4v) is 2.53. The molecule has 0 radical (unpaired) electrons. The molecule has 2 rings (SSSR count). The molecular weight excluding hydrogens is 271 g/mol. The number of hydrogen-bond acceptors (Lipinski definition) is 2. The lowest BCUT2D eigenvalue weighted by atomic mass is 9.99. The van der Waals surface area contributed by atoms with E-state index in [1.54, 1.807) is 0 Å². The molecule has 1 aromatic carbocycles. The number of rotatable bonds is 3. The van der Waals surface area contributed by atoms with Gasteiger partial charge < -0.3 is 15.7 Å². The third kappa shape index (κ3) is 3.36. The van der Waals surface area contributed by atoms with Crippen LogP contribution in [0.4, 0.5) is 14.9 Å². The Kier molecular flexibility index (Phi) is 4.27. The predicted molar refractivity (Wildman–Crippen MR) is 71.8 cm³/mol. The second kappa shape index (κ2) is 5.75. The van der Waals surface area contributed by atoms with Gasteiger partial charge in [-0.1, -0.05) is 24.4 Å². The van der Waals surface area contributed by atoms with E-state index in [1.807, 2.05) is 0 Å². The molecule has 1 aliphatic carbocycles. The molecule has 0 atom stereocenters. The number of aliphatic hydroxyl groups is 1. The average molecular weight is 287 g/mol. The Morgan fingerprint density at radius 3 is 2.74 bits per heavy atom. The van der Waals surface area contributed by atoms with E-state index < -0.39 is 17.4 Å². The molecule has 1 fully saturated rings. The van der Waals surface area contributed by atoms with Crippen LogP contribution in [0, 0.1) is 5.82 Å². The Hall–Kier alpha value is -1.33. The van der Waals surface area contributed by atoms with Gasteiger partial charge in [-0.15, -0.1) is 0 Å². The Bertz CT molecular complexity index is 476. The highest BCUT2D eigenvalue weighted by Gasteiger charge is 2.34. The predicted octanol–water partition coefficient (Wildman–Crippen LogP) is 2.91. The molecule has 0 bridgehead atoms. The monoisotopic (exact) mass is 286 g/mol. The topological polar surface area (TPSA) is 61.4 Å². The Morgan fingerprint density at radius 2 is 2.11 bits per heavy atom. The van der Waals surface area contributed by atoms with E-state index in [-0.39, 0.29) is 17.3 Å². The third-order valence-electron chi connectivity index (χ3n) is 3.42. The van der Waals surface area contributed by atoms with E-state index in [1.165, 1.54) is 12.1 Å². The van der Waals surface area contributed by atoms with Crippen LogP contribution in [-0.2, 0) is 0 Å². The minimum Gasteiger partial charge on any atom is -0.394 e. The number of amides is 2. The van der Waals surface area contributed by atoms with Crippen LogP contribution in [0.3, 0.4) is 0 Å². The molecule has 0 unspecified atom stereocenters. The van der Waals surface area contributed by atoms with Crippen molar-refractivity contribution in [2.45, 2.75) is 31.2 Å². The van der Waals surface area contributed by atoms with Crippen LogP contribution >= 0.6 is 11.6 Å². The maximum atomic E-state index is 13.1. The molecule has 4 nitrogen and oxygen atoms in total. The summed E-state index contributed by atoms with van der Waals surface area (Å²) in [6.07, 6.45) is 3.44. The van der Waals surface area contributed by atoms with Crippen molar-refractivity contribution in [3.63, 3.8) is 0 Å². The third-order valence-corrected chi connectivity index (χ3v) is 3.75. The van der Waals surface area contributed by atoms with Gasteiger partial charge in [-0.2, -0.15) is 0 Å². The average Bonchev–Trinajstić information content (AvgIpc) is 2.83. The van der Waals surface area contributed by atoms with E-state index in [0.29, 0.717) is 0 Å². The Morgan fingerprint density at radius 1 is 1.42 bits per heavy atom. The second-order valence-corrected chi connectivity index (χ2v) is 5.26. The maximum absolute atomic E-state index is 13.1. The van der Waals surface area contributed by atoms with Crippen LogP contribution in [-0.4, -0.2) is 23.3 Å². The quantitative estimate of drug-likeness (QED) is 0.800. The van der Waals surface area contributed by atoms with E-state index in [4.69, 9.17) is 11.6 Å². The van der Waals surface area contributed by atoms with Gasteiger partial charge in [0.15, 0.2) is 0 Å². The molecule has 1 aliphatic rings. The first kappa shape index (κ1) is 14.1. The number of nitrogens with one attached hydrogen (secondary N) is 2. The first-order chi connectivity index (χ1) is 9.04. The fourth-order valence-electron chi connectivity index (χ4n) is 2.36. The van der Waals surface area contributed by atoms with Crippen molar-refractivity contribution >= 4 is 23.3 Å². The van der Waals surface area contributed by atoms with Crippen LogP contribution < -0.4 is 10.6 Å². The normalized spacial score (nSPS) is 17.2. The maximum Gasteiger partial charge on any atom is 0.319 e. The van der Waals surface area contributed by atoms with Crippen molar-refractivity contribution in [2.75, 3.05) is 11.9 Å². The fraction of sp³-hybridized carbons (Fsp3) is 0.462. The summed E-state index contributed by atoms with van der Waals surface area (Å²) in [6.45, 7) is -0.0999. The Labute approximate surface area is 116 Å². The smallest absolute Gasteiger partial charge is 0.319 e. The SMILES string of the molecule is O=C(Nc1cc(F)ccc1Cl)NC1(CO)CCCC1. The van der Waals surface area contributed by atoms with E-state index in [0.717, 1.165) is 31.7 Å². The van der Waals surface area contributed by atoms with Gasteiger partial charge in [0, 0.05) is 0 Å². The van der Waals surface area contributed by atoms with Gasteiger partial charge >= 0.3 is 6.03 Å². The van der Waals surface area contributed by atoms with Crippen molar-refractivity contribution in [2.24, 2.45) is 0 Å². The molecule has 0 aliphatic heterocycles. The standard InChI is InChI=1S/C13H16ClFN2O2/c14-10-4-3-9(15)7-11(10)16-12(19)17-13(8-18)5-1-2-6-13/h3-4,7,18H,1-2,5-6,8H2,(H2,16,17,19). The zero-order chi connectivity index (χ0) is 13.9. The molecule has 6 heteroatoms. The van der Waals surface area contributed by atoms with E-state index >= 15 is 0 Å². The van der Waals surface area contributed by atoms with Crippen molar-refractivity contribution in [3.8, 4) is 0 Å². The summed E-state index contributed by atoms with van der Waals surface area (Å²) < 4.78 is 13.1. The highest BCUT2D eigenvalue weighted by molar-refractivity contribution is 6.33. The van der Waals surface area contributed by atoms with Crippen molar-refractivity contribution in [1.29, 1.82) is 0 Å². The molecule has 0 saturated heterocycles. The lowest BCUT2D eigenvalue weighted by molar-refractivity contribution is 0.167. The lowest BCUT2D eigenvalue weighted by Gasteiger charge is -2.28. The summed E-state index contributed by atoms with van der Waals surface area (Å²) in [5.74, 6) is -0.475. The van der Waals surface area contributed by atoms with Gasteiger partial charge in [-0.25, -0.2) is 9.18 Å². The summed E-state index contributed by atoms with van der Waals surface area (Å²) in [5, 5.41) is 14.9. The number of urea groups is 1. The van der Waals surface area contributed by atoms with Crippen LogP contribution in [0.25, 0.3) is 0 Å².